The van der Waals surface area contributed by atoms with E-state index in [-0.39, 0.29) is 17.4 Å². The fourth-order valence-electron chi connectivity index (χ4n) is 4.29. The van der Waals surface area contributed by atoms with Crippen molar-refractivity contribution >= 4 is 11.8 Å². The summed E-state index contributed by atoms with van der Waals surface area (Å²) < 4.78 is 0. The first-order valence-corrected chi connectivity index (χ1v) is 5.96. The van der Waals surface area contributed by atoms with E-state index >= 15 is 0 Å². The van der Waals surface area contributed by atoms with E-state index in [0.29, 0.717) is 11.8 Å². The van der Waals surface area contributed by atoms with Crippen molar-refractivity contribution in [2.75, 3.05) is 0 Å². The molecule has 2 fully saturated rings. The van der Waals surface area contributed by atoms with Crippen LogP contribution in [0.3, 0.4) is 0 Å². The van der Waals surface area contributed by atoms with Gasteiger partial charge in [-0.05, 0) is 43.1 Å². The van der Waals surface area contributed by atoms with Crippen molar-refractivity contribution in [1.82, 2.24) is 4.90 Å². The Bertz CT molecular complexity index is 458. The molecule has 3 heteroatoms. The number of amides is 2. The van der Waals surface area contributed by atoms with E-state index in [4.69, 9.17) is 0 Å². The van der Waals surface area contributed by atoms with Gasteiger partial charge in [0.1, 0.15) is 0 Å². The van der Waals surface area contributed by atoms with E-state index in [0.717, 1.165) is 19.3 Å². The molecule has 5 aliphatic rings. The molecule has 4 aliphatic carbocycles. The minimum Gasteiger partial charge on any atom is -0.269 e. The first kappa shape index (κ1) is 8.74. The maximum Gasteiger partial charge on any atom is 0.254 e. The van der Waals surface area contributed by atoms with E-state index in [9.17, 15) is 9.59 Å². The van der Waals surface area contributed by atoms with Gasteiger partial charge >= 0.3 is 0 Å². The van der Waals surface area contributed by atoms with Crippen molar-refractivity contribution in [2.24, 2.45) is 11.8 Å². The van der Waals surface area contributed by atoms with Gasteiger partial charge in [-0.25, -0.2) is 0 Å². The van der Waals surface area contributed by atoms with E-state index < -0.39 is 0 Å². The SMILES string of the molecule is O=C1C=CC(=O)N1C12CC3C=C1CC(C3)C2. The zero-order valence-electron chi connectivity index (χ0n) is 8.98. The maximum atomic E-state index is 11.8. The molecular weight excluding hydrogens is 202 g/mol. The Balaban J connectivity index is 1.82. The van der Waals surface area contributed by atoms with Crippen molar-refractivity contribution < 1.29 is 9.59 Å². The summed E-state index contributed by atoms with van der Waals surface area (Å²) in [7, 11) is 0. The monoisotopic (exact) mass is 215 g/mol. The molecule has 2 saturated carbocycles. The van der Waals surface area contributed by atoms with Gasteiger partial charge in [0.05, 0.1) is 5.54 Å². The van der Waals surface area contributed by atoms with Crippen LogP contribution in [0, 0.1) is 11.8 Å². The Morgan fingerprint density at radius 3 is 2.62 bits per heavy atom. The van der Waals surface area contributed by atoms with Gasteiger partial charge < -0.3 is 0 Å². The molecule has 0 aromatic carbocycles. The van der Waals surface area contributed by atoms with Gasteiger partial charge in [-0.3, -0.25) is 14.5 Å². The molecule has 1 heterocycles. The second kappa shape index (κ2) is 2.47. The molecule has 0 radical (unpaired) electrons. The predicted octanol–water partition coefficient (Wildman–Crippen LogP) is 1.41. The molecule has 4 bridgehead atoms. The summed E-state index contributed by atoms with van der Waals surface area (Å²) in [5.74, 6) is 1.10. The molecule has 82 valence electrons. The van der Waals surface area contributed by atoms with Gasteiger partial charge in [-0.2, -0.15) is 0 Å². The van der Waals surface area contributed by atoms with Crippen molar-refractivity contribution in [2.45, 2.75) is 31.2 Å². The number of hydrogen-bond donors (Lipinski definition) is 0. The number of carbonyl (C=O) groups excluding carboxylic acids is 2. The third-order valence-corrected chi connectivity index (χ3v) is 4.64. The first-order valence-electron chi connectivity index (χ1n) is 5.96. The molecule has 1 aliphatic heterocycles. The molecule has 0 spiro atoms. The predicted molar refractivity (Wildman–Crippen MR) is 57.3 cm³/mol. The number of hydrogen-bond acceptors (Lipinski definition) is 2. The number of allylic oxidation sites excluding steroid dienone is 1. The lowest BCUT2D eigenvalue weighted by atomic mass is 9.79. The largest absolute Gasteiger partial charge is 0.269 e. The van der Waals surface area contributed by atoms with E-state index in [1.807, 2.05) is 0 Å². The van der Waals surface area contributed by atoms with E-state index in [1.165, 1.54) is 29.0 Å². The highest BCUT2D eigenvalue weighted by Crippen LogP contribution is 2.59. The van der Waals surface area contributed by atoms with Gasteiger partial charge in [0, 0.05) is 12.2 Å². The molecule has 16 heavy (non-hydrogen) atoms. The summed E-state index contributed by atoms with van der Waals surface area (Å²) in [6.07, 6.45) is 9.51. The number of nitrogens with zero attached hydrogens (tertiary/aromatic N) is 1. The average molecular weight is 215 g/mol. The highest BCUT2D eigenvalue weighted by atomic mass is 16.2. The van der Waals surface area contributed by atoms with Gasteiger partial charge in [-0.15, -0.1) is 0 Å². The third kappa shape index (κ3) is 0.819. The summed E-state index contributed by atoms with van der Waals surface area (Å²) in [4.78, 5) is 25.2. The third-order valence-electron chi connectivity index (χ3n) is 4.64. The van der Waals surface area contributed by atoms with Gasteiger partial charge in [-0.1, -0.05) is 6.08 Å². The first-order chi connectivity index (χ1) is 7.69. The van der Waals surface area contributed by atoms with Crippen molar-refractivity contribution in [1.29, 1.82) is 0 Å². The van der Waals surface area contributed by atoms with Crippen LogP contribution in [-0.2, 0) is 9.59 Å². The van der Waals surface area contributed by atoms with Gasteiger partial charge in [0.15, 0.2) is 0 Å². The topological polar surface area (TPSA) is 37.4 Å². The molecule has 3 unspecified atom stereocenters. The van der Waals surface area contributed by atoms with Crippen LogP contribution in [0.4, 0.5) is 0 Å². The summed E-state index contributed by atoms with van der Waals surface area (Å²) >= 11 is 0. The quantitative estimate of drug-likeness (QED) is 0.490. The van der Waals surface area contributed by atoms with Crippen LogP contribution in [0.15, 0.2) is 23.8 Å². The normalized spacial score (nSPS) is 43.8. The molecule has 0 N–H and O–H groups in total. The number of rotatable bonds is 1. The minimum absolute atomic E-state index is 0.112. The molecule has 0 saturated heterocycles. The minimum atomic E-state index is -0.217. The summed E-state index contributed by atoms with van der Waals surface area (Å²) in [6.45, 7) is 0. The standard InChI is InChI=1S/C13H13NO2/c15-11-1-2-12(16)14(11)13-6-8-3-9(7-13)5-10(13)4-8/h1-2,4,8-9H,3,5-7H2. The highest BCUT2D eigenvalue weighted by molar-refractivity contribution is 6.14. The zero-order chi connectivity index (χ0) is 10.9. The molecule has 5 rings (SSSR count). The van der Waals surface area contributed by atoms with Crippen LogP contribution in [0.25, 0.3) is 0 Å². The van der Waals surface area contributed by atoms with E-state index in [2.05, 4.69) is 6.08 Å². The summed E-state index contributed by atoms with van der Waals surface area (Å²) in [6, 6.07) is 0. The molecule has 3 nitrogen and oxygen atoms in total. The van der Waals surface area contributed by atoms with Gasteiger partial charge in [0.25, 0.3) is 11.8 Å². The summed E-state index contributed by atoms with van der Waals surface area (Å²) in [5.41, 5.74) is 1.14. The lowest BCUT2D eigenvalue weighted by Crippen LogP contribution is -2.51. The average Bonchev–Trinajstić information content (AvgIpc) is 2.76. The molecule has 0 aromatic heterocycles. The molecule has 0 aromatic rings. The molecule has 3 atom stereocenters. The second-order valence-corrected chi connectivity index (χ2v) is 5.54. The molecular formula is C13H13NO2. The number of imide groups is 1. The molecule has 2 amide bonds. The van der Waals surface area contributed by atoms with Crippen LogP contribution < -0.4 is 0 Å². The van der Waals surface area contributed by atoms with Crippen LogP contribution in [0.2, 0.25) is 0 Å². The summed E-state index contributed by atoms with van der Waals surface area (Å²) in [5, 5.41) is 0. The lowest BCUT2D eigenvalue weighted by Gasteiger charge is -2.39. The Morgan fingerprint density at radius 2 is 1.94 bits per heavy atom. The Labute approximate surface area is 93.8 Å². The second-order valence-electron chi connectivity index (χ2n) is 5.54. The number of carbonyl (C=O) groups is 2. The van der Waals surface area contributed by atoms with Crippen molar-refractivity contribution in [3.05, 3.63) is 23.8 Å². The van der Waals surface area contributed by atoms with Crippen LogP contribution >= 0.6 is 0 Å². The van der Waals surface area contributed by atoms with Crippen LogP contribution in [-0.4, -0.2) is 22.3 Å². The van der Waals surface area contributed by atoms with E-state index in [1.54, 1.807) is 0 Å². The zero-order valence-corrected chi connectivity index (χ0v) is 8.98. The fraction of sp³-hybridized carbons (Fsp3) is 0.538. The lowest BCUT2D eigenvalue weighted by molar-refractivity contribution is -0.143. The Morgan fingerprint density at radius 1 is 1.19 bits per heavy atom. The smallest absolute Gasteiger partial charge is 0.254 e. The maximum absolute atomic E-state index is 11.8. The van der Waals surface area contributed by atoms with Crippen molar-refractivity contribution in [3.63, 3.8) is 0 Å². The Kier molecular flexibility index (Phi) is 1.35. The fourth-order valence-corrected chi connectivity index (χ4v) is 4.29. The Hall–Kier alpha value is -1.38. The van der Waals surface area contributed by atoms with Crippen LogP contribution in [0.5, 0.6) is 0 Å². The van der Waals surface area contributed by atoms with Crippen molar-refractivity contribution in [3.8, 4) is 0 Å². The highest BCUT2D eigenvalue weighted by Gasteiger charge is 2.58. The van der Waals surface area contributed by atoms with Crippen LogP contribution in [0.1, 0.15) is 25.7 Å². The van der Waals surface area contributed by atoms with Gasteiger partial charge in [0.2, 0.25) is 0 Å².